The summed E-state index contributed by atoms with van der Waals surface area (Å²) in [6.45, 7) is 0. The number of halogens is 1. The van der Waals surface area contributed by atoms with E-state index in [4.69, 9.17) is 21.1 Å². The maximum atomic E-state index is 6.19. The zero-order valence-electron chi connectivity index (χ0n) is 12.1. The Balaban J connectivity index is 1.87. The van der Waals surface area contributed by atoms with E-state index in [-0.39, 0.29) is 12.1 Å². The molecule has 0 aromatic heterocycles. The Hall–Kier alpha value is -1.71. The van der Waals surface area contributed by atoms with Gasteiger partial charge in [0, 0.05) is 6.42 Å². The van der Waals surface area contributed by atoms with E-state index in [1.807, 2.05) is 37.4 Å². The molecule has 0 saturated carbocycles. The summed E-state index contributed by atoms with van der Waals surface area (Å²) in [5.74, 6) is 1.59. The summed E-state index contributed by atoms with van der Waals surface area (Å²) in [5.41, 5.74) is 2.51. The SMILES string of the molecule is CNC1c2cc(OC)ccc2CC1Oc1ccccc1Cl. The van der Waals surface area contributed by atoms with Gasteiger partial charge in [0.05, 0.1) is 18.2 Å². The molecule has 3 nitrogen and oxygen atoms in total. The summed E-state index contributed by atoms with van der Waals surface area (Å²) >= 11 is 6.19. The van der Waals surface area contributed by atoms with Gasteiger partial charge >= 0.3 is 0 Å². The Bertz CT molecular complexity index is 644. The van der Waals surface area contributed by atoms with E-state index >= 15 is 0 Å². The molecule has 110 valence electrons. The average molecular weight is 304 g/mol. The van der Waals surface area contributed by atoms with E-state index in [0.717, 1.165) is 17.9 Å². The molecule has 4 heteroatoms. The number of para-hydroxylation sites is 1. The first kappa shape index (κ1) is 14.2. The van der Waals surface area contributed by atoms with Crippen molar-refractivity contribution in [2.75, 3.05) is 14.2 Å². The highest BCUT2D eigenvalue weighted by atomic mass is 35.5. The van der Waals surface area contributed by atoms with E-state index in [0.29, 0.717) is 5.02 Å². The second-order valence-electron chi connectivity index (χ2n) is 5.12. The molecule has 3 rings (SSSR count). The molecule has 0 bridgehead atoms. The van der Waals surface area contributed by atoms with Gasteiger partial charge in [0.15, 0.2) is 0 Å². The smallest absolute Gasteiger partial charge is 0.138 e. The standard InChI is InChI=1S/C17H18ClNO2/c1-19-17-13-10-12(20-2)8-7-11(13)9-16(17)21-15-6-4-3-5-14(15)18/h3-8,10,16-17,19H,9H2,1-2H3. The molecule has 0 fully saturated rings. The largest absolute Gasteiger partial charge is 0.497 e. The third-order valence-electron chi connectivity index (χ3n) is 3.91. The second-order valence-corrected chi connectivity index (χ2v) is 5.53. The topological polar surface area (TPSA) is 30.5 Å². The van der Waals surface area contributed by atoms with Crippen molar-refractivity contribution in [2.24, 2.45) is 0 Å². The maximum Gasteiger partial charge on any atom is 0.138 e. The quantitative estimate of drug-likeness (QED) is 0.936. The Kier molecular flexibility index (Phi) is 4.04. The van der Waals surface area contributed by atoms with Crippen LogP contribution in [0.25, 0.3) is 0 Å². The molecule has 1 aliphatic carbocycles. The molecule has 0 spiro atoms. The zero-order valence-corrected chi connectivity index (χ0v) is 12.9. The Morgan fingerprint density at radius 3 is 2.71 bits per heavy atom. The summed E-state index contributed by atoms with van der Waals surface area (Å²) in [7, 11) is 3.63. The van der Waals surface area contributed by atoms with Crippen LogP contribution in [0.3, 0.4) is 0 Å². The Morgan fingerprint density at radius 2 is 2.00 bits per heavy atom. The number of methoxy groups -OCH3 is 1. The van der Waals surface area contributed by atoms with Crippen LogP contribution >= 0.6 is 11.6 Å². The molecule has 2 aromatic carbocycles. The number of likely N-dealkylation sites (N-methyl/N-ethyl adjacent to an activating group) is 1. The highest BCUT2D eigenvalue weighted by Gasteiger charge is 2.33. The van der Waals surface area contributed by atoms with Crippen molar-refractivity contribution in [1.29, 1.82) is 0 Å². The van der Waals surface area contributed by atoms with Gasteiger partial charge in [-0.25, -0.2) is 0 Å². The monoisotopic (exact) mass is 303 g/mol. The number of nitrogens with one attached hydrogen (secondary N) is 1. The van der Waals surface area contributed by atoms with E-state index in [9.17, 15) is 0 Å². The number of ether oxygens (including phenoxy) is 2. The van der Waals surface area contributed by atoms with Crippen LogP contribution in [0, 0.1) is 0 Å². The fraction of sp³-hybridized carbons (Fsp3) is 0.294. The number of benzene rings is 2. The fourth-order valence-electron chi connectivity index (χ4n) is 2.86. The number of hydrogen-bond donors (Lipinski definition) is 1. The van der Waals surface area contributed by atoms with Gasteiger partial charge < -0.3 is 14.8 Å². The van der Waals surface area contributed by atoms with Gasteiger partial charge in [-0.2, -0.15) is 0 Å². The molecular formula is C17H18ClNO2. The molecule has 1 N–H and O–H groups in total. The van der Waals surface area contributed by atoms with Crippen molar-refractivity contribution in [3.63, 3.8) is 0 Å². The number of rotatable bonds is 4. The van der Waals surface area contributed by atoms with Crippen LogP contribution in [0.4, 0.5) is 0 Å². The van der Waals surface area contributed by atoms with Gasteiger partial charge in [-0.1, -0.05) is 29.8 Å². The molecule has 0 heterocycles. The molecule has 2 unspecified atom stereocenters. The molecule has 1 aliphatic rings. The van der Waals surface area contributed by atoms with Gasteiger partial charge in [-0.15, -0.1) is 0 Å². The van der Waals surface area contributed by atoms with E-state index < -0.39 is 0 Å². The first-order valence-electron chi connectivity index (χ1n) is 6.98. The average Bonchev–Trinajstić information content (AvgIpc) is 2.85. The molecule has 0 amide bonds. The normalized spacial score (nSPS) is 20.1. The number of fused-ring (bicyclic) bond motifs is 1. The lowest BCUT2D eigenvalue weighted by atomic mass is 10.1. The number of hydrogen-bond acceptors (Lipinski definition) is 3. The summed E-state index contributed by atoms with van der Waals surface area (Å²) in [4.78, 5) is 0. The molecule has 21 heavy (non-hydrogen) atoms. The summed E-state index contributed by atoms with van der Waals surface area (Å²) in [6, 6.07) is 13.9. The lowest BCUT2D eigenvalue weighted by molar-refractivity contribution is 0.171. The van der Waals surface area contributed by atoms with Gasteiger partial charge in [-0.05, 0) is 42.4 Å². The highest BCUT2D eigenvalue weighted by Crippen LogP contribution is 2.37. The van der Waals surface area contributed by atoms with Crippen LogP contribution < -0.4 is 14.8 Å². The molecule has 0 saturated heterocycles. The van der Waals surface area contributed by atoms with Gasteiger partial charge in [-0.3, -0.25) is 0 Å². The predicted molar refractivity (Wildman–Crippen MR) is 84.4 cm³/mol. The third kappa shape index (κ3) is 2.71. The molecular weight excluding hydrogens is 286 g/mol. The summed E-state index contributed by atoms with van der Waals surface area (Å²) in [6.07, 6.45) is 0.882. The van der Waals surface area contributed by atoms with E-state index in [1.54, 1.807) is 7.11 Å². The predicted octanol–water partition coefficient (Wildman–Crippen LogP) is 3.61. The Labute approximate surface area is 129 Å². The van der Waals surface area contributed by atoms with Crippen LogP contribution in [0.2, 0.25) is 5.02 Å². The molecule has 2 atom stereocenters. The van der Waals surface area contributed by atoms with Crippen molar-refractivity contribution in [3.05, 3.63) is 58.6 Å². The van der Waals surface area contributed by atoms with Gasteiger partial charge in [0.1, 0.15) is 17.6 Å². The third-order valence-corrected chi connectivity index (χ3v) is 4.22. The maximum absolute atomic E-state index is 6.19. The minimum atomic E-state index is 0.0250. The molecule has 2 aromatic rings. The van der Waals surface area contributed by atoms with E-state index in [2.05, 4.69) is 17.4 Å². The minimum absolute atomic E-state index is 0.0250. The van der Waals surface area contributed by atoms with Crippen molar-refractivity contribution < 1.29 is 9.47 Å². The van der Waals surface area contributed by atoms with Crippen LogP contribution in [-0.2, 0) is 6.42 Å². The van der Waals surface area contributed by atoms with E-state index in [1.165, 1.54) is 11.1 Å². The van der Waals surface area contributed by atoms with Crippen LogP contribution in [-0.4, -0.2) is 20.3 Å². The van der Waals surface area contributed by atoms with Crippen LogP contribution in [0.5, 0.6) is 11.5 Å². The van der Waals surface area contributed by atoms with Crippen molar-refractivity contribution in [3.8, 4) is 11.5 Å². The lowest BCUT2D eigenvalue weighted by Crippen LogP contribution is -2.30. The second kappa shape index (κ2) is 5.96. The van der Waals surface area contributed by atoms with Gasteiger partial charge in [0.25, 0.3) is 0 Å². The zero-order chi connectivity index (χ0) is 14.8. The first-order chi connectivity index (χ1) is 10.2. The highest BCUT2D eigenvalue weighted by molar-refractivity contribution is 6.32. The molecule has 0 radical (unpaired) electrons. The summed E-state index contributed by atoms with van der Waals surface area (Å²) in [5, 5.41) is 3.98. The van der Waals surface area contributed by atoms with Crippen molar-refractivity contribution >= 4 is 11.6 Å². The van der Waals surface area contributed by atoms with Crippen LogP contribution in [0.15, 0.2) is 42.5 Å². The van der Waals surface area contributed by atoms with Gasteiger partial charge in [0.2, 0.25) is 0 Å². The van der Waals surface area contributed by atoms with Crippen molar-refractivity contribution in [2.45, 2.75) is 18.6 Å². The minimum Gasteiger partial charge on any atom is -0.497 e. The summed E-state index contributed by atoms with van der Waals surface area (Å²) < 4.78 is 11.4. The lowest BCUT2D eigenvalue weighted by Gasteiger charge is -2.22. The molecule has 0 aliphatic heterocycles. The van der Waals surface area contributed by atoms with Crippen molar-refractivity contribution in [1.82, 2.24) is 5.32 Å². The fourth-order valence-corrected chi connectivity index (χ4v) is 3.05. The van der Waals surface area contributed by atoms with Crippen LogP contribution in [0.1, 0.15) is 17.2 Å². The Morgan fingerprint density at radius 1 is 1.19 bits per heavy atom. The first-order valence-corrected chi connectivity index (χ1v) is 7.36.